The molecule has 2 rings (SSSR count). The lowest BCUT2D eigenvalue weighted by molar-refractivity contribution is -0.143. The van der Waals surface area contributed by atoms with E-state index in [1.54, 1.807) is 0 Å². The number of carbonyl (C=O) groups excluding carboxylic acids is 3. The Balaban J connectivity index is 2.16. The molecule has 0 bridgehead atoms. The minimum Gasteiger partial charge on any atom is -0.480 e. The van der Waals surface area contributed by atoms with E-state index in [0.29, 0.717) is 25.1 Å². The number of hydrogen-bond donors (Lipinski definition) is 5. The van der Waals surface area contributed by atoms with E-state index in [0.717, 1.165) is 0 Å². The van der Waals surface area contributed by atoms with Gasteiger partial charge in [-0.25, -0.2) is 9.78 Å². The minimum absolute atomic E-state index is 0.0512. The van der Waals surface area contributed by atoms with Crippen LogP contribution in [0, 0.1) is 11.8 Å². The fraction of sp³-hybridized carbons (Fsp3) is 0.682. The molecule has 0 aromatic carbocycles. The summed E-state index contributed by atoms with van der Waals surface area (Å²) in [6.45, 7) is 7.83. The number of nitrogens with zero attached hydrogens (tertiary/aromatic N) is 2. The van der Waals surface area contributed by atoms with E-state index in [1.165, 1.54) is 17.4 Å². The van der Waals surface area contributed by atoms with E-state index >= 15 is 0 Å². The number of aromatic nitrogens is 2. The number of aromatic amines is 1. The summed E-state index contributed by atoms with van der Waals surface area (Å²) < 4.78 is 0. The van der Waals surface area contributed by atoms with Crippen molar-refractivity contribution in [3.63, 3.8) is 0 Å². The van der Waals surface area contributed by atoms with Gasteiger partial charge in [0.2, 0.25) is 17.7 Å². The van der Waals surface area contributed by atoms with Crippen molar-refractivity contribution in [2.75, 3.05) is 6.54 Å². The Hall–Kier alpha value is -2.95. The standard InChI is InChI=1S/C22H36N6O5/c1-12(2)8-16(22(32)33)27-19(29)15(9-14-10-24-11-25-14)26-20(30)17-6-5-7-28(17)21(31)18(23)13(3)4/h10-13,15-18H,5-9,23H2,1-4H3,(H,24,25)(H,26,30)(H,27,29)(H,32,33). The normalized spacial score (nSPS) is 18.8. The van der Waals surface area contributed by atoms with E-state index in [9.17, 15) is 24.3 Å². The first-order chi connectivity index (χ1) is 15.5. The van der Waals surface area contributed by atoms with Crippen LogP contribution in [-0.2, 0) is 25.6 Å². The summed E-state index contributed by atoms with van der Waals surface area (Å²) in [4.78, 5) is 58.8. The molecule has 1 aromatic rings. The molecule has 11 nitrogen and oxygen atoms in total. The average Bonchev–Trinajstić information content (AvgIpc) is 3.43. The highest BCUT2D eigenvalue weighted by Gasteiger charge is 2.38. The first kappa shape index (κ1) is 26.3. The van der Waals surface area contributed by atoms with Crippen molar-refractivity contribution in [2.24, 2.45) is 17.6 Å². The van der Waals surface area contributed by atoms with Crippen molar-refractivity contribution >= 4 is 23.7 Å². The van der Waals surface area contributed by atoms with Crippen molar-refractivity contribution < 1.29 is 24.3 Å². The molecule has 2 heterocycles. The molecule has 0 aliphatic carbocycles. The van der Waals surface area contributed by atoms with E-state index in [4.69, 9.17) is 5.73 Å². The second kappa shape index (κ2) is 11.8. The van der Waals surface area contributed by atoms with Crippen molar-refractivity contribution in [3.8, 4) is 0 Å². The van der Waals surface area contributed by atoms with E-state index < -0.39 is 42.0 Å². The maximum absolute atomic E-state index is 13.1. The molecule has 1 aromatic heterocycles. The number of likely N-dealkylation sites (tertiary alicyclic amines) is 1. The van der Waals surface area contributed by atoms with Crippen molar-refractivity contribution in [1.82, 2.24) is 25.5 Å². The first-order valence-corrected chi connectivity index (χ1v) is 11.4. The predicted molar refractivity (Wildman–Crippen MR) is 121 cm³/mol. The molecule has 11 heteroatoms. The molecule has 6 N–H and O–H groups in total. The van der Waals surface area contributed by atoms with Crippen LogP contribution in [0.1, 0.15) is 52.7 Å². The van der Waals surface area contributed by atoms with Crippen molar-refractivity contribution in [2.45, 2.75) is 77.5 Å². The molecular weight excluding hydrogens is 428 g/mol. The molecule has 0 spiro atoms. The summed E-state index contributed by atoms with van der Waals surface area (Å²) in [6.07, 6.45) is 4.45. The van der Waals surface area contributed by atoms with Crippen LogP contribution in [0.5, 0.6) is 0 Å². The SMILES string of the molecule is CC(C)CC(NC(=O)C(Cc1cnc[nH]1)NC(=O)C1CCCN1C(=O)C(N)C(C)C)C(=O)O. The minimum atomic E-state index is -1.14. The highest BCUT2D eigenvalue weighted by atomic mass is 16.4. The quantitative estimate of drug-likeness (QED) is 0.307. The van der Waals surface area contributed by atoms with Crippen molar-refractivity contribution in [3.05, 3.63) is 18.2 Å². The summed E-state index contributed by atoms with van der Waals surface area (Å²) in [5.74, 6) is -2.53. The van der Waals surface area contributed by atoms with Crippen molar-refractivity contribution in [1.29, 1.82) is 0 Å². The lowest BCUT2D eigenvalue weighted by Crippen LogP contribution is -2.57. The van der Waals surface area contributed by atoms with Gasteiger partial charge in [0, 0.05) is 24.9 Å². The van der Waals surface area contributed by atoms with Gasteiger partial charge in [-0.1, -0.05) is 27.7 Å². The number of H-pyrrole nitrogens is 1. The van der Waals surface area contributed by atoms with Gasteiger partial charge in [-0.05, 0) is 31.1 Å². The van der Waals surface area contributed by atoms with E-state index in [1.807, 2.05) is 27.7 Å². The number of carboxylic acid groups (broad SMARTS) is 1. The molecule has 1 aliphatic heterocycles. The number of carboxylic acids is 1. The van der Waals surface area contributed by atoms with Gasteiger partial charge in [0.1, 0.15) is 18.1 Å². The Kier molecular flexibility index (Phi) is 9.39. The summed E-state index contributed by atoms with van der Waals surface area (Å²) in [5, 5.41) is 14.7. The summed E-state index contributed by atoms with van der Waals surface area (Å²) in [5.41, 5.74) is 6.62. The Bertz CT molecular complexity index is 825. The molecular formula is C22H36N6O5. The van der Waals surface area contributed by atoms with Crippen LogP contribution in [-0.4, -0.2) is 74.4 Å². The maximum atomic E-state index is 13.1. The molecule has 1 aliphatic rings. The number of aliphatic carboxylic acids is 1. The van der Waals surface area contributed by atoms with Gasteiger partial charge in [-0.15, -0.1) is 0 Å². The number of carbonyl (C=O) groups is 4. The van der Waals surface area contributed by atoms with Crippen LogP contribution in [0.4, 0.5) is 0 Å². The molecule has 184 valence electrons. The zero-order valence-electron chi connectivity index (χ0n) is 19.7. The summed E-state index contributed by atoms with van der Waals surface area (Å²) in [7, 11) is 0. The number of nitrogens with one attached hydrogen (secondary N) is 3. The van der Waals surface area contributed by atoms with Gasteiger partial charge >= 0.3 is 5.97 Å². The third kappa shape index (κ3) is 7.28. The number of amides is 3. The van der Waals surface area contributed by atoms with Gasteiger partial charge in [0.15, 0.2) is 0 Å². The Labute approximate surface area is 193 Å². The number of hydrogen-bond acceptors (Lipinski definition) is 6. The van der Waals surface area contributed by atoms with Gasteiger partial charge in [0.05, 0.1) is 12.4 Å². The number of rotatable bonds is 11. The highest BCUT2D eigenvalue weighted by molar-refractivity contribution is 5.94. The molecule has 1 fully saturated rings. The fourth-order valence-corrected chi connectivity index (χ4v) is 3.84. The van der Waals surface area contributed by atoms with Gasteiger partial charge < -0.3 is 31.4 Å². The molecule has 4 atom stereocenters. The Morgan fingerprint density at radius 2 is 1.91 bits per heavy atom. The topological polar surface area (TPSA) is 171 Å². The van der Waals surface area contributed by atoms with Crippen LogP contribution >= 0.6 is 0 Å². The van der Waals surface area contributed by atoms with Crippen LogP contribution in [0.25, 0.3) is 0 Å². The number of nitrogens with two attached hydrogens (primary N) is 1. The van der Waals surface area contributed by atoms with Gasteiger partial charge in [-0.2, -0.15) is 0 Å². The molecule has 4 unspecified atom stereocenters. The first-order valence-electron chi connectivity index (χ1n) is 11.4. The van der Waals surface area contributed by atoms with Gasteiger partial charge in [0.25, 0.3) is 0 Å². The molecule has 0 saturated carbocycles. The summed E-state index contributed by atoms with van der Waals surface area (Å²) in [6, 6.07) is -3.56. The number of imidazole rings is 1. The molecule has 3 amide bonds. The summed E-state index contributed by atoms with van der Waals surface area (Å²) >= 11 is 0. The third-order valence-electron chi connectivity index (χ3n) is 5.78. The molecule has 33 heavy (non-hydrogen) atoms. The fourth-order valence-electron chi connectivity index (χ4n) is 3.84. The monoisotopic (exact) mass is 464 g/mol. The lowest BCUT2D eigenvalue weighted by Gasteiger charge is -2.29. The van der Waals surface area contributed by atoms with E-state index in [2.05, 4.69) is 20.6 Å². The Morgan fingerprint density at radius 3 is 2.45 bits per heavy atom. The van der Waals surface area contributed by atoms with Crippen LogP contribution in [0.15, 0.2) is 12.5 Å². The smallest absolute Gasteiger partial charge is 0.326 e. The molecule has 1 saturated heterocycles. The van der Waals surface area contributed by atoms with E-state index in [-0.39, 0.29) is 30.6 Å². The van der Waals surface area contributed by atoms with Crippen LogP contribution < -0.4 is 16.4 Å². The second-order valence-corrected chi connectivity index (χ2v) is 9.33. The highest BCUT2D eigenvalue weighted by Crippen LogP contribution is 2.20. The lowest BCUT2D eigenvalue weighted by atomic mass is 10.0. The average molecular weight is 465 g/mol. The zero-order chi connectivity index (χ0) is 24.7. The van der Waals surface area contributed by atoms with Crippen LogP contribution in [0.3, 0.4) is 0 Å². The second-order valence-electron chi connectivity index (χ2n) is 9.33. The van der Waals surface area contributed by atoms with Gasteiger partial charge in [-0.3, -0.25) is 14.4 Å². The zero-order valence-corrected chi connectivity index (χ0v) is 19.7. The van der Waals surface area contributed by atoms with Crippen LogP contribution in [0.2, 0.25) is 0 Å². The largest absolute Gasteiger partial charge is 0.480 e. The Morgan fingerprint density at radius 1 is 1.21 bits per heavy atom. The maximum Gasteiger partial charge on any atom is 0.326 e. The third-order valence-corrected chi connectivity index (χ3v) is 5.78. The predicted octanol–water partition coefficient (Wildman–Crippen LogP) is 0.0268. The molecule has 0 radical (unpaired) electrons.